The van der Waals surface area contributed by atoms with Gasteiger partial charge < -0.3 is 19.3 Å². The predicted molar refractivity (Wildman–Crippen MR) is 91.0 cm³/mol. The minimum atomic E-state index is -0.760. The van der Waals surface area contributed by atoms with Crippen LogP contribution in [0.15, 0.2) is 18.2 Å². The molecule has 144 valence electrons. The van der Waals surface area contributed by atoms with Crippen molar-refractivity contribution in [2.45, 2.75) is 19.4 Å². The normalized spacial score (nSPS) is 18.7. The number of nitro groups is 1. The van der Waals surface area contributed by atoms with Gasteiger partial charge in [-0.1, -0.05) is 0 Å². The van der Waals surface area contributed by atoms with E-state index < -0.39 is 23.1 Å². The van der Waals surface area contributed by atoms with Crippen LogP contribution in [-0.4, -0.2) is 65.5 Å². The Morgan fingerprint density at radius 3 is 2.56 bits per heavy atom. The zero-order valence-corrected chi connectivity index (χ0v) is 14.8. The quantitative estimate of drug-likeness (QED) is 0.443. The molecule has 1 aromatic rings. The van der Waals surface area contributed by atoms with Crippen molar-refractivity contribution >= 4 is 23.7 Å². The van der Waals surface area contributed by atoms with E-state index in [0.717, 1.165) is 0 Å². The first kappa shape index (κ1) is 18.6. The third-order valence-corrected chi connectivity index (χ3v) is 4.58. The van der Waals surface area contributed by atoms with Crippen molar-refractivity contribution in [1.29, 1.82) is 0 Å². The first-order valence-electron chi connectivity index (χ1n) is 8.59. The summed E-state index contributed by atoms with van der Waals surface area (Å²) in [7, 11) is 0. The number of non-ortho nitro benzene ring substituents is 1. The molecular formula is C17H19N3O7. The average molecular weight is 377 g/mol. The van der Waals surface area contributed by atoms with Crippen LogP contribution >= 0.6 is 0 Å². The maximum Gasteiger partial charge on any atom is 0.409 e. The lowest BCUT2D eigenvalue weighted by molar-refractivity contribution is -0.384. The molecule has 10 heteroatoms. The smallest absolute Gasteiger partial charge is 0.409 e. The molecule has 1 atom stereocenters. The van der Waals surface area contributed by atoms with E-state index in [9.17, 15) is 24.5 Å². The Balaban J connectivity index is 1.61. The number of hydrogen-bond acceptors (Lipinski definition) is 7. The Bertz CT molecular complexity index is 787. The molecule has 0 bridgehead atoms. The molecule has 2 amide bonds. The SMILES string of the molecule is CCOC(=O)N1CCN(C(=O)C[C@H]2OC(=O)c3cc([N+](=O)[O-])ccc32)CC1. The van der Waals surface area contributed by atoms with Gasteiger partial charge in [0, 0.05) is 43.9 Å². The molecule has 2 heterocycles. The van der Waals surface area contributed by atoms with E-state index >= 15 is 0 Å². The number of carbonyl (C=O) groups is 3. The van der Waals surface area contributed by atoms with Gasteiger partial charge in [-0.05, 0) is 13.0 Å². The lowest BCUT2D eigenvalue weighted by atomic mass is 10.0. The summed E-state index contributed by atoms with van der Waals surface area (Å²) in [6.07, 6.45) is -1.20. The number of rotatable bonds is 4. The minimum Gasteiger partial charge on any atom is -0.453 e. The largest absolute Gasteiger partial charge is 0.453 e. The van der Waals surface area contributed by atoms with E-state index in [0.29, 0.717) is 38.3 Å². The third kappa shape index (κ3) is 3.83. The number of cyclic esters (lactones) is 1. The van der Waals surface area contributed by atoms with Crippen LogP contribution in [0.25, 0.3) is 0 Å². The molecule has 0 N–H and O–H groups in total. The number of benzene rings is 1. The number of fused-ring (bicyclic) bond motifs is 1. The molecule has 10 nitrogen and oxygen atoms in total. The van der Waals surface area contributed by atoms with Gasteiger partial charge in [0.15, 0.2) is 0 Å². The van der Waals surface area contributed by atoms with Gasteiger partial charge in [0.2, 0.25) is 5.91 Å². The number of hydrogen-bond donors (Lipinski definition) is 0. The topological polar surface area (TPSA) is 119 Å². The number of esters is 1. The minimum absolute atomic E-state index is 0.0457. The van der Waals surface area contributed by atoms with Crippen molar-refractivity contribution in [2.75, 3.05) is 32.8 Å². The van der Waals surface area contributed by atoms with Gasteiger partial charge in [-0.15, -0.1) is 0 Å². The summed E-state index contributed by atoms with van der Waals surface area (Å²) in [5.41, 5.74) is 0.394. The lowest BCUT2D eigenvalue weighted by Gasteiger charge is -2.34. The summed E-state index contributed by atoms with van der Waals surface area (Å²) in [5.74, 6) is -0.874. The van der Waals surface area contributed by atoms with E-state index in [-0.39, 0.29) is 23.6 Å². The fourth-order valence-electron chi connectivity index (χ4n) is 3.16. The molecule has 0 aromatic heterocycles. The molecule has 0 spiro atoms. The van der Waals surface area contributed by atoms with E-state index in [1.54, 1.807) is 11.8 Å². The van der Waals surface area contributed by atoms with Crippen LogP contribution in [0.4, 0.5) is 10.5 Å². The monoisotopic (exact) mass is 377 g/mol. The molecule has 0 unspecified atom stereocenters. The standard InChI is InChI=1S/C17H19N3O7/c1-2-26-17(23)19-7-5-18(6-8-19)15(21)10-14-12-4-3-11(20(24)25)9-13(12)16(22)27-14/h3-4,9,14H,2,5-8,10H2,1H3/t14-/m1/s1. The molecule has 1 fully saturated rings. The number of carbonyl (C=O) groups excluding carboxylic acids is 3. The highest BCUT2D eigenvalue weighted by Gasteiger charge is 2.35. The van der Waals surface area contributed by atoms with Crippen LogP contribution in [0.5, 0.6) is 0 Å². The number of piperazine rings is 1. The second-order valence-corrected chi connectivity index (χ2v) is 6.19. The Labute approximate surface area is 154 Å². The van der Waals surface area contributed by atoms with Crippen LogP contribution in [0.3, 0.4) is 0 Å². The molecule has 3 rings (SSSR count). The number of ether oxygens (including phenoxy) is 2. The predicted octanol–water partition coefficient (Wildman–Crippen LogP) is 1.50. The van der Waals surface area contributed by atoms with Crippen LogP contribution in [0.1, 0.15) is 35.4 Å². The molecule has 2 aliphatic heterocycles. The number of nitro benzene ring substituents is 1. The van der Waals surface area contributed by atoms with Crippen LogP contribution in [-0.2, 0) is 14.3 Å². The highest BCUT2D eigenvalue weighted by Crippen LogP contribution is 2.35. The molecule has 1 saturated heterocycles. The number of nitrogens with zero attached hydrogens (tertiary/aromatic N) is 3. The molecule has 27 heavy (non-hydrogen) atoms. The fraction of sp³-hybridized carbons (Fsp3) is 0.471. The summed E-state index contributed by atoms with van der Waals surface area (Å²) in [6.45, 7) is 3.50. The van der Waals surface area contributed by atoms with E-state index in [2.05, 4.69) is 0 Å². The molecule has 1 aromatic carbocycles. The average Bonchev–Trinajstić information content (AvgIpc) is 2.97. The third-order valence-electron chi connectivity index (χ3n) is 4.58. The molecular weight excluding hydrogens is 358 g/mol. The van der Waals surface area contributed by atoms with Gasteiger partial charge in [0.1, 0.15) is 6.10 Å². The Hall–Kier alpha value is -3.17. The highest BCUT2D eigenvalue weighted by molar-refractivity contribution is 5.95. The van der Waals surface area contributed by atoms with Crippen molar-refractivity contribution in [3.05, 3.63) is 39.4 Å². The molecule has 0 saturated carbocycles. The summed E-state index contributed by atoms with van der Waals surface area (Å²) < 4.78 is 10.2. The van der Waals surface area contributed by atoms with Gasteiger partial charge in [-0.25, -0.2) is 9.59 Å². The van der Waals surface area contributed by atoms with Crippen LogP contribution in [0, 0.1) is 10.1 Å². The zero-order valence-electron chi connectivity index (χ0n) is 14.8. The lowest BCUT2D eigenvalue weighted by Crippen LogP contribution is -2.50. The van der Waals surface area contributed by atoms with Crippen molar-refractivity contribution in [2.24, 2.45) is 0 Å². The maximum absolute atomic E-state index is 12.5. The molecule has 2 aliphatic rings. The van der Waals surface area contributed by atoms with Gasteiger partial charge in [0.25, 0.3) is 5.69 Å². The van der Waals surface area contributed by atoms with Crippen LogP contribution in [0.2, 0.25) is 0 Å². The van der Waals surface area contributed by atoms with Crippen molar-refractivity contribution < 1.29 is 28.8 Å². The first-order chi connectivity index (χ1) is 12.9. The second-order valence-electron chi connectivity index (χ2n) is 6.19. The fourth-order valence-corrected chi connectivity index (χ4v) is 3.16. The summed E-state index contributed by atoms with van der Waals surface area (Å²) >= 11 is 0. The summed E-state index contributed by atoms with van der Waals surface area (Å²) in [4.78, 5) is 49.6. The maximum atomic E-state index is 12.5. The summed E-state index contributed by atoms with van der Waals surface area (Å²) in [5, 5.41) is 10.8. The Morgan fingerprint density at radius 1 is 1.26 bits per heavy atom. The highest BCUT2D eigenvalue weighted by atomic mass is 16.6. The van der Waals surface area contributed by atoms with Gasteiger partial charge >= 0.3 is 12.1 Å². The van der Waals surface area contributed by atoms with E-state index in [1.807, 2.05) is 0 Å². The van der Waals surface area contributed by atoms with Gasteiger partial charge in [-0.3, -0.25) is 14.9 Å². The van der Waals surface area contributed by atoms with E-state index in [4.69, 9.17) is 9.47 Å². The Morgan fingerprint density at radius 2 is 1.93 bits per heavy atom. The van der Waals surface area contributed by atoms with Crippen molar-refractivity contribution in [3.8, 4) is 0 Å². The van der Waals surface area contributed by atoms with E-state index in [1.165, 1.54) is 23.1 Å². The first-order valence-corrected chi connectivity index (χ1v) is 8.59. The van der Waals surface area contributed by atoms with Crippen molar-refractivity contribution in [3.63, 3.8) is 0 Å². The Kier molecular flexibility index (Phi) is 5.24. The number of amides is 2. The zero-order chi connectivity index (χ0) is 19.6. The van der Waals surface area contributed by atoms with Crippen LogP contribution < -0.4 is 0 Å². The second kappa shape index (κ2) is 7.60. The summed E-state index contributed by atoms with van der Waals surface area (Å²) in [6, 6.07) is 3.91. The van der Waals surface area contributed by atoms with Gasteiger partial charge in [-0.2, -0.15) is 0 Å². The van der Waals surface area contributed by atoms with Gasteiger partial charge in [0.05, 0.1) is 23.5 Å². The molecule has 0 radical (unpaired) electrons. The molecule has 0 aliphatic carbocycles. The van der Waals surface area contributed by atoms with Crippen molar-refractivity contribution in [1.82, 2.24) is 9.80 Å².